The van der Waals surface area contributed by atoms with Gasteiger partial charge in [-0.3, -0.25) is 19.8 Å². The molecule has 0 unspecified atom stereocenters. The SMILES string of the molecule is COc1cc(-c2ccc(-c3cc4cc(CN5CCCCC5)ccc4[nH]3)c3c2CNC3=O)cc([N+](=O)[O-])c1O. The third kappa shape index (κ3) is 4.14. The van der Waals surface area contributed by atoms with E-state index >= 15 is 0 Å². The van der Waals surface area contributed by atoms with Crippen LogP contribution in [0.3, 0.4) is 0 Å². The molecule has 1 aromatic heterocycles. The molecule has 38 heavy (non-hydrogen) atoms. The van der Waals surface area contributed by atoms with Gasteiger partial charge in [-0.05, 0) is 72.5 Å². The molecule has 0 radical (unpaired) electrons. The number of rotatable bonds is 6. The van der Waals surface area contributed by atoms with Crippen molar-refractivity contribution in [2.45, 2.75) is 32.4 Å². The molecule has 1 saturated heterocycles. The summed E-state index contributed by atoms with van der Waals surface area (Å²) in [7, 11) is 1.34. The quantitative estimate of drug-likeness (QED) is 0.236. The van der Waals surface area contributed by atoms with E-state index in [0.717, 1.165) is 47.4 Å². The number of aromatic hydroxyl groups is 1. The first kappa shape index (κ1) is 24.0. The van der Waals surface area contributed by atoms with Crippen LogP contribution in [0.2, 0.25) is 0 Å². The number of likely N-dealkylation sites (tertiary alicyclic amines) is 1. The average Bonchev–Trinajstić information content (AvgIpc) is 3.52. The number of amides is 1. The molecule has 3 N–H and O–H groups in total. The van der Waals surface area contributed by atoms with Crippen molar-refractivity contribution in [3.63, 3.8) is 0 Å². The maximum atomic E-state index is 13.0. The highest BCUT2D eigenvalue weighted by Crippen LogP contribution is 2.43. The van der Waals surface area contributed by atoms with Gasteiger partial charge in [-0.2, -0.15) is 0 Å². The number of H-pyrrole nitrogens is 1. The van der Waals surface area contributed by atoms with Gasteiger partial charge in [-0.15, -0.1) is 0 Å². The summed E-state index contributed by atoms with van der Waals surface area (Å²) in [6.07, 6.45) is 3.82. The van der Waals surface area contributed by atoms with E-state index in [4.69, 9.17) is 4.74 Å². The zero-order valence-electron chi connectivity index (χ0n) is 21.0. The van der Waals surface area contributed by atoms with Gasteiger partial charge in [0, 0.05) is 41.3 Å². The highest BCUT2D eigenvalue weighted by atomic mass is 16.6. The number of fused-ring (bicyclic) bond motifs is 2. The normalized spacial score (nSPS) is 15.4. The van der Waals surface area contributed by atoms with Crippen LogP contribution in [0.4, 0.5) is 5.69 Å². The third-order valence-electron chi connectivity index (χ3n) is 7.58. The standard InChI is InChI=1S/C29H28N4O5/c1-38-26-14-18(13-25(28(26)34)33(36)37)20-6-7-21(27-22(20)15-30-29(27)35)24-12-19-11-17(5-8-23(19)31-24)16-32-9-3-2-4-10-32/h5-8,11-14,31,34H,2-4,9-10,15-16H2,1H3,(H,30,35). The molecular formula is C29H28N4O5. The summed E-state index contributed by atoms with van der Waals surface area (Å²) < 4.78 is 5.18. The molecule has 0 aliphatic carbocycles. The first-order chi connectivity index (χ1) is 18.4. The number of nitrogens with zero attached hydrogens (tertiary/aromatic N) is 2. The fourth-order valence-corrected chi connectivity index (χ4v) is 5.69. The number of phenols is 1. The van der Waals surface area contributed by atoms with Gasteiger partial charge in [0.1, 0.15) is 0 Å². The Kier molecular flexibility index (Phi) is 6.00. The topological polar surface area (TPSA) is 121 Å². The van der Waals surface area contributed by atoms with Crippen LogP contribution in [0.1, 0.15) is 40.7 Å². The number of carbonyl (C=O) groups excluding carboxylic acids is 1. The fraction of sp³-hybridized carbons (Fsp3) is 0.276. The predicted octanol–water partition coefficient (Wildman–Crippen LogP) is 5.35. The fourth-order valence-electron chi connectivity index (χ4n) is 5.69. The molecule has 9 nitrogen and oxygen atoms in total. The lowest BCUT2D eigenvalue weighted by atomic mass is 9.91. The van der Waals surface area contributed by atoms with E-state index in [1.54, 1.807) is 6.07 Å². The van der Waals surface area contributed by atoms with Gasteiger partial charge in [0.05, 0.1) is 17.6 Å². The second-order valence-electron chi connectivity index (χ2n) is 9.94. The number of aromatic nitrogens is 1. The number of carbonyl (C=O) groups is 1. The van der Waals surface area contributed by atoms with Crippen LogP contribution in [0.5, 0.6) is 11.5 Å². The molecule has 194 valence electrons. The maximum absolute atomic E-state index is 13.0. The van der Waals surface area contributed by atoms with Gasteiger partial charge < -0.3 is 20.1 Å². The Bertz CT molecular complexity index is 1590. The Hall–Kier alpha value is -4.37. The maximum Gasteiger partial charge on any atom is 0.315 e. The number of hydrogen-bond acceptors (Lipinski definition) is 6. The molecule has 6 rings (SSSR count). The number of aromatic amines is 1. The van der Waals surface area contributed by atoms with Crippen LogP contribution >= 0.6 is 0 Å². The Morgan fingerprint density at radius 1 is 1.05 bits per heavy atom. The zero-order valence-corrected chi connectivity index (χ0v) is 21.0. The minimum absolute atomic E-state index is 0.000263. The number of phenolic OH excluding ortho intramolecular Hbond substituents is 1. The minimum Gasteiger partial charge on any atom is -0.500 e. The van der Waals surface area contributed by atoms with Gasteiger partial charge in [0.15, 0.2) is 5.75 Å². The molecule has 0 atom stereocenters. The second-order valence-corrected chi connectivity index (χ2v) is 9.94. The molecule has 3 aromatic carbocycles. The molecular weight excluding hydrogens is 484 g/mol. The summed E-state index contributed by atoms with van der Waals surface area (Å²) in [5, 5.41) is 25.7. The van der Waals surface area contributed by atoms with Gasteiger partial charge >= 0.3 is 5.69 Å². The van der Waals surface area contributed by atoms with E-state index in [9.17, 15) is 20.0 Å². The van der Waals surface area contributed by atoms with Crippen LogP contribution < -0.4 is 10.1 Å². The lowest BCUT2D eigenvalue weighted by Gasteiger charge is -2.26. The summed E-state index contributed by atoms with van der Waals surface area (Å²) in [4.78, 5) is 29.8. The molecule has 0 bridgehead atoms. The molecule has 3 heterocycles. The van der Waals surface area contributed by atoms with Crippen molar-refractivity contribution in [3.05, 3.63) is 75.3 Å². The van der Waals surface area contributed by atoms with Crippen LogP contribution in [0.25, 0.3) is 33.3 Å². The smallest absolute Gasteiger partial charge is 0.315 e. The van der Waals surface area contributed by atoms with Gasteiger partial charge in [0.2, 0.25) is 5.75 Å². The highest BCUT2D eigenvalue weighted by molar-refractivity contribution is 6.07. The van der Waals surface area contributed by atoms with Crippen LogP contribution in [0, 0.1) is 10.1 Å². The van der Waals surface area contributed by atoms with Crippen molar-refractivity contribution in [1.82, 2.24) is 15.2 Å². The number of nitro benzene ring substituents is 1. The molecule has 9 heteroatoms. The zero-order chi connectivity index (χ0) is 26.4. The van der Waals surface area contributed by atoms with Crippen molar-refractivity contribution in [2.75, 3.05) is 20.2 Å². The summed E-state index contributed by atoms with van der Waals surface area (Å²) in [5.41, 5.74) is 5.87. The lowest BCUT2D eigenvalue weighted by molar-refractivity contribution is -0.385. The summed E-state index contributed by atoms with van der Waals surface area (Å²) in [5.74, 6) is -0.719. The van der Waals surface area contributed by atoms with Gasteiger partial charge in [-0.1, -0.05) is 24.6 Å². The number of piperidine rings is 1. The lowest BCUT2D eigenvalue weighted by Crippen LogP contribution is -2.28. The number of nitrogens with one attached hydrogen (secondary N) is 2. The van der Waals surface area contributed by atoms with E-state index in [1.165, 1.54) is 38.0 Å². The Morgan fingerprint density at radius 2 is 1.84 bits per heavy atom. The van der Waals surface area contributed by atoms with E-state index in [-0.39, 0.29) is 11.7 Å². The number of ether oxygens (including phenoxy) is 1. The van der Waals surface area contributed by atoms with E-state index < -0.39 is 16.4 Å². The Balaban J connectivity index is 1.40. The monoisotopic (exact) mass is 512 g/mol. The van der Waals surface area contributed by atoms with Crippen molar-refractivity contribution < 1.29 is 19.6 Å². The summed E-state index contributed by atoms with van der Waals surface area (Å²) in [6.45, 7) is 3.51. The minimum atomic E-state index is -0.649. The van der Waals surface area contributed by atoms with Crippen molar-refractivity contribution >= 4 is 22.5 Å². The van der Waals surface area contributed by atoms with E-state index in [0.29, 0.717) is 23.2 Å². The molecule has 2 aliphatic heterocycles. The number of methoxy groups -OCH3 is 1. The van der Waals surface area contributed by atoms with Gasteiger partial charge in [-0.25, -0.2) is 0 Å². The van der Waals surface area contributed by atoms with E-state index in [2.05, 4.69) is 39.5 Å². The van der Waals surface area contributed by atoms with Crippen LogP contribution in [0.15, 0.2) is 48.5 Å². The molecule has 1 amide bonds. The first-order valence-electron chi connectivity index (χ1n) is 12.8. The molecule has 0 spiro atoms. The number of nitro groups is 1. The molecule has 4 aromatic rings. The average molecular weight is 513 g/mol. The van der Waals surface area contributed by atoms with Gasteiger partial charge in [0.25, 0.3) is 5.91 Å². The predicted molar refractivity (Wildman–Crippen MR) is 144 cm³/mol. The second kappa shape index (κ2) is 9.50. The van der Waals surface area contributed by atoms with E-state index in [1.807, 2.05) is 12.1 Å². The van der Waals surface area contributed by atoms with Crippen molar-refractivity contribution in [1.29, 1.82) is 0 Å². The first-order valence-corrected chi connectivity index (χ1v) is 12.8. The van der Waals surface area contributed by atoms with Crippen molar-refractivity contribution in [3.8, 4) is 33.9 Å². The number of benzene rings is 3. The van der Waals surface area contributed by atoms with Crippen LogP contribution in [-0.4, -0.2) is 46.0 Å². The highest BCUT2D eigenvalue weighted by Gasteiger charge is 2.29. The molecule has 0 saturated carbocycles. The Morgan fingerprint density at radius 3 is 2.61 bits per heavy atom. The third-order valence-corrected chi connectivity index (χ3v) is 7.58. The summed E-state index contributed by atoms with van der Waals surface area (Å²) >= 11 is 0. The Labute approximate surface area is 219 Å². The largest absolute Gasteiger partial charge is 0.500 e. The van der Waals surface area contributed by atoms with Crippen molar-refractivity contribution in [2.24, 2.45) is 0 Å². The number of hydrogen-bond donors (Lipinski definition) is 3. The molecule has 2 aliphatic rings. The van der Waals surface area contributed by atoms with Crippen LogP contribution in [-0.2, 0) is 13.1 Å². The molecule has 1 fully saturated rings. The summed E-state index contributed by atoms with van der Waals surface area (Å²) in [6, 6.07) is 15.1.